The second kappa shape index (κ2) is 7.06. The largest absolute Gasteiger partial charge is 0.352 e. The van der Waals surface area contributed by atoms with E-state index in [-0.39, 0.29) is 17.9 Å². The molecule has 2 N–H and O–H groups in total. The van der Waals surface area contributed by atoms with Gasteiger partial charge in [0, 0.05) is 37.4 Å². The van der Waals surface area contributed by atoms with Crippen LogP contribution in [0, 0.1) is 5.92 Å². The maximum Gasteiger partial charge on any atom is 0.224 e. The molecule has 1 aromatic rings. The summed E-state index contributed by atoms with van der Waals surface area (Å²) in [5.41, 5.74) is 0. The molecule has 0 saturated heterocycles. The number of amides is 1. The summed E-state index contributed by atoms with van der Waals surface area (Å²) in [6.45, 7) is 8.33. The van der Waals surface area contributed by atoms with Crippen molar-refractivity contribution in [3.8, 4) is 0 Å². The highest BCUT2D eigenvalue weighted by molar-refractivity contribution is 5.78. The first kappa shape index (κ1) is 13.7. The van der Waals surface area contributed by atoms with Crippen molar-refractivity contribution in [3.05, 3.63) is 18.7 Å². The quantitative estimate of drug-likeness (QED) is 0.732. The minimum Gasteiger partial charge on any atom is -0.352 e. The maximum atomic E-state index is 11.8. The maximum absolute atomic E-state index is 11.8. The first-order valence-corrected chi connectivity index (χ1v) is 6.10. The van der Waals surface area contributed by atoms with Crippen molar-refractivity contribution in [3.63, 3.8) is 0 Å². The fraction of sp³-hybridized carbons (Fsp3) is 0.667. The molecular weight excluding hydrogens is 216 g/mol. The SMILES string of the molecule is CCNCC(C)C(=O)NC(C)Cn1ccnc1. The Kier molecular flexibility index (Phi) is 5.69. The highest BCUT2D eigenvalue weighted by Gasteiger charge is 2.14. The van der Waals surface area contributed by atoms with Gasteiger partial charge in [-0.25, -0.2) is 4.98 Å². The molecule has 2 atom stereocenters. The lowest BCUT2D eigenvalue weighted by molar-refractivity contribution is -0.125. The molecular formula is C12H22N4O. The van der Waals surface area contributed by atoms with Gasteiger partial charge in [-0.3, -0.25) is 4.79 Å². The van der Waals surface area contributed by atoms with Crippen LogP contribution in [0.4, 0.5) is 0 Å². The standard InChI is InChI=1S/C12H22N4O/c1-4-13-7-10(2)12(17)15-11(3)8-16-6-5-14-9-16/h5-6,9-11,13H,4,7-8H2,1-3H3,(H,15,17). The molecule has 1 rings (SSSR count). The molecule has 0 aromatic carbocycles. The highest BCUT2D eigenvalue weighted by atomic mass is 16.1. The topological polar surface area (TPSA) is 59.0 Å². The summed E-state index contributed by atoms with van der Waals surface area (Å²) in [5.74, 6) is 0.0961. The number of imidazole rings is 1. The van der Waals surface area contributed by atoms with Crippen LogP contribution in [0.5, 0.6) is 0 Å². The van der Waals surface area contributed by atoms with Crippen LogP contribution < -0.4 is 10.6 Å². The summed E-state index contributed by atoms with van der Waals surface area (Å²) in [4.78, 5) is 15.8. The van der Waals surface area contributed by atoms with Crippen molar-refractivity contribution >= 4 is 5.91 Å². The van der Waals surface area contributed by atoms with E-state index in [0.29, 0.717) is 0 Å². The third-order valence-electron chi connectivity index (χ3n) is 2.58. The van der Waals surface area contributed by atoms with E-state index in [1.807, 2.05) is 31.5 Å². The van der Waals surface area contributed by atoms with E-state index >= 15 is 0 Å². The zero-order chi connectivity index (χ0) is 12.7. The predicted molar refractivity (Wildman–Crippen MR) is 67.5 cm³/mol. The zero-order valence-electron chi connectivity index (χ0n) is 10.8. The molecule has 1 amide bonds. The van der Waals surface area contributed by atoms with E-state index in [9.17, 15) is 4.79 Å². The Bertz CT molecular complexity index is 323. The van der Waals surface area contributed by atoms with Gasteiger partial charge in [0.15, 0.2) is 0 Å². The van der Waals surface area contributed by atoms with Crippen LogP contribution in [-0.2, 0) is 11.3 Å². The van der Waals surface area contributed by atoms with Gasteiger partial charge in [0.05, 0.1) is 6.33 Å². The Hall–Kier alpha value is -1.36. The Morgan fingerprint density at radius 3 is 2.82 bits per heavy atom. The smallest absolute Gasteiger partial charge is 0.224 e. The molecule has 0 radical (unpaired) electrons. The van der Waals surface area contributed by atoms with Gasteiger partial charge in [-0.15, -0.1) is 0 Å². The minimum atomic E-state index is 0.000173. The van der Waals surface area contributed by atoms with Crippen molar-refractivity contribution in [2.24, 2.45) is 5.92 Å². The summed E-state index contributed by atoms with van der Waals surface area (Å²) in [6, 6.07) is 0.112. The summed E-state index contributed by atoms with van der Waals surface area (Å²) < 4.78 is 1.96. The summed E-state index contributed by atoms with van der Waals surface area (Å²) in [7, 11) is 0. The normalized spacial score (nSPS) is 14.3. The lowest BCUT2D eigenvalue weighted by Crippen LogP contribution is -2.41. The van der Waals surface area contributed by atoms with Gasteiger partial charge in [-0.05, 0) is 13.5 Å². The summed E-state index contributed by atoms with van der Waals surface area (Å²) in [6.07, 6.45) is 5.39. The Labute approximate surface area is 103 Å². The average Bonchev–Trinajstić information content (AvgIpc) is 2.78. The number of carbonyl (C=O) groups excluding carboxylic acids is 1. The zero-order valence-corrected chi connectivity index (χ0v) is 10.8. The summed E-state index contributed by atoms with van der Waals surface area (Å²) in [5, 5.41) is 6.17. The first-order chi connectivity index (χ1) is 8.13. The van der Waals surface area contributed by atoms with Crippen molar-refractivity contribution in [2.45, 2.75) is 33.4 Å². The Morgan fingerprint density at radius 1 is 1.47 bits per heavy atom. The number of carbonyl (C=O) groups is 1. The third kappa shape index (κ3) is 4.99. The van der Waals surface area contributed by atoms with Gasteiger partial charge in [0.2, 0.25) is 5.91 Å². The second-order valence-electron chi connectivity index (χ2n) is 4.38. The molecule has 0 spiro atoms. The molecule has 96 valence electrons. The number of rotatable bonds is 7. The lowest BCUT2D eigenvalue weighted by atomic mass is 10.1. The van der Waals surface area contributed by atoms with Gasteiger partial charge in [-0.2, -0.15) is 0 Å². The van der Waals surface area contributed by atoms with Gasteiger partial charge in [0.1, 0.15) is 0 Å². The number of aromatic nitrogens is 2. The lowest BCUT2D eigenvalue weighted by Gasteiger charge is -2.18. The van der Waals surface area contributed by atoms with Gasteiger partial charge in [0.25, 0.3) is 0 Å². The molecule has 1 aromatic heterocycles. The molecule has 5 nitrogen and oxygen atoms in total. The van der Waals surface area contributed by atoms with Crippen molar-refractivity contribution in [1.29, 1.82) is 0 Å². The molecule has 0 aliphatic rings. The molecule has 0 bridgehead atoms. The predicted octanol–water partition coefficient (Wildman–Crippen LogP) is 0.633. The Morgan fingerprint density at radius 2 is 2.24 bits per heavy atom. The van der Waals surface area contributed by atoms with E-state index < -0.39 is 0 Å². The van der Waals surface area contributed by atoms with Crippen LogP contribution in [0.15, 0.2) is 18.7 Å². The molecule has 2 unspecified atom stereocenters. The molecule has 0 saturated carbocycles. The number of hydrogen-bond acceptors (Lipinski definition) is 3. The second-order valence-corrected chi connectivity index (χ2v) is 4.38. The molecule has 0 aliphatic heterocycles. The van der Waals surface area contributed by atoms with Crippen LogP contribution in [0.2, 0.25) is 0 Å². The fourth-order valence-corrected chi connectivity index (χ4v) is 1.60. The molecule has 5 heteroatoms. The number of nitrogens with one attached hydrogen (secondary N) is 2. The highest BCUT2D eigenvalue weighted by Crippen LogP contribution is 1.96. The van der Waals surface area contributed by atoms with Gasteiger partial charge >= 0.3 is 0 Å². The first-order valence-electron chi connectivity index (χ1n) is 6.10. The van der Waals surface area contributed by atoms with Gasteiger partial charge in [-0.1, -0.05) is 13.8 Å². The fourth-order valence-electron chi connectivity index (χ4n) is 1.60. The average molecular weight is 238 g/mol. The van der Waals surface area contributed by atoms with Crippen molar-refractivity contribution in [2.75, 3.05) is 13.1 Å². The van der Waals surface area contributed by atoms with E-state index in [4.69, 9.17) is 0 Å². The van der Waals surface area contributed by atoms with Crippen molar-refractivity contribution in [1.82, 2.24) is 20.2 Å². The minimum absolute atomic E-state index is 0.000173. The van der Waals surface area contributed by atoms with Crippen LogP contribution in [-0.4, -0.2) is 34.6 Å². The van der Waals surface area contributed by atoms with Crippen LogP contribution in [0.25, 0.3) is 0 Å². The molecule has 1 heterocycles. The monoisotopic (exact) mass is 238 g/mol. The van der Waals surface area contributed by atoms with E-state index in [2.05, 4.69) is 15.6 Å². The van der Waals surface area contributed by atoms with Crippen LogP contribution >= 0.6 is 0 Å². The van der Waals surface area contributed by atoms with E-state index in [1.54, 1.807) is 12.5 Å². The van der Waals surface area contributed by atoms with Crippen molar-refractivity contribution < 1.29 is 4.79 Å². The van der Waals surface area contributed by atoms with E-state index in [1.165, 1.54) is 0 Å². The van der Waals surface area contributed by atoms with Crippen LogP contribution in [0.1, 0.15) is 20.8 Å². The molecule has 0 aliphatic carbocycles. The van der Waals surface area contributed by atoms with Crippen LogP contribution in [0.3, 0.4) is 0 Å². The number of nitrogens with zero attached hydrogens (tertiary/aromatic N) is 2. The van der Waals surface area contributed by atoms with Gasteiger partial charge < -0.3 is 15.2 Å². The Balaban J connectivity index is 2.30. The third-order valence-corrected chi connectivity index (χ3v) is 2.58. The summed E-state index contributed by atoms with van der Waals surface area (Å²) >= 11 is 0. The van der Waals surface area contributed by atoms with E-state index in [0.717, 1.165) is 19.6 Å². The number of hydrogen-bond donors (Lipinski definition) is 2. The molecule has 0 fully saturated rings. The molecule has 17 heavy (non-hydrogen) atoms.